The van der Waals surface area contributed by atoms with E-state index >= 15 is 0 Å². The summed E-state index contributed by atoms with van der Waals surface area (Å²) in [6, 6.07) is 8.19. The lowest BCUT2D eigenvalue weighted by Gasteiger charge is -2.24. The van der Waals surface area contributed by atoms with Crippen molar-refractivity contribution in [1.82, 2.24) is 0 Å². The number of nitrogens with two attached hydrogens (primary N) is 1. The second kappa shape index (κ2) is 5.87. The quantitative estimate of drug-likeness (QED) is 0.813. The van der Waals surface area contributed by atoms with Crippen LogP contribution in [0.4, 0.5) is 11.4 Å². The van der Waals surface area contributed by atoms with Crippen LogP contribution in [-0.2, 0) is 17.2 Å². The average Bonchev–Trinajstić information content (AvgIpc) is 2.37. The summed E-state index contributed by atoms with van der Waals surface area (Å²) in [6.45, 7) is 0. The standard InChI is InChI=1S/C13H17N3OS/c14-6-3-10-9-12(1-2-13(10)15)16-11-4-7-18(17)8-5-11/h1-2,9,11,16H,3-5,7-8,15H2. The van der Waals surface area contributed by atoms with Crippen LogP contribution < -0.4 is 11.1 Å². The summed E-state index contributed by atoms with van der Waals surface area (Å²) >= 11 is 0. The van der Waals surface area contributed by atoms with Gasteiger partial charge >= 0.3 is 0 Å². The van der Waals surface area contributed by atoms with E-state index in [0.29, 0.717) is 18.2 Å². The van der Waals surface area contributed by atoms with Crippen LogP contribution in [0.2, 0.25) is 0 Å². The Labute approximate surface area is 110 Å². The molecule has 0 aromatic heterocycles. The minimum atomic E-state index is -0.633. The first kappa shape index (κ1) is 12.9. The lowest BCUT2D eigenvalue weighted by atomic mass is 10.1. The number of nitriles is 1. The Balaban J connectivity index is 2.03. The molecule has 0 saturated carbocycles. The zero-order chi connectivity index (χ0) is 13.0. The fourth-order valence-electron chi connectivity index (χ4n) is 2.11. The molecule has 0 unspecified atom stereocenters. The summed E-state index contributed by atoms with van der Waals surface area (Å²) < 4.78 is 11.3. The van der Waals surface area contributed by atoms with Crippen LogP contribution in [0, 0.1) is 11.3 Å². The summed E-state index contributed by atoms with van der Waals surface area (Å²) in [5.74, 6) is 1.55. The summed E-state index contributed by atoms with van der Waals surface area (Å²) in [7, 11) is -0.633. The molecule has 0 radical (unpaired) electrons. The van der Waals surface area contributed by atoms with Gasteiger partial charge in [-0.3, -0.25) is 4.21 Å². The first-order valence-corrected chi connectivity index (χ1v) is 7.54. The van der Waals surface area contributed by atoms with Crippen LogP contribution in [-0.4, -0.2) is 21.8 Å². The van der Waals surface area contributed by atoms with Crippen molar-refractivity contribution in [2.75, 3.05) is 22.6 Å². The number of nitrogen functional groups attached to an aromatic ring is 1. The minimum absolute atomic E-state index is 0.329. The number of nitrogens with zero attached hydrogens (tertiary/aromatic N) is 1. The minimum Gasteiger partial charge on any atom is -0.398 e. The zero-order valence-electron chi connectivity index (χ0n) is 10.2. The molecule has 0 aliphatic carbocycles. The number of rotatable bonds is 3. The van der Waals surface area contributed by atoms with Crippen molar-refractivity contribution in [3.63, 3.8) is 0 Å². The highest BCUT2D eigenvalue weighted by Gasteiger charge is 2.17. The molecule has 1 fully saturated rings. The van der Waals surface area contributed by atoms with Gasteiger partial charge in [-0.25, -0.2) is 0 Å². The van der Waals surface area contributed by atoms with E-state index in [4.69, 9.17) is 11.0 Å². The van der Waals surface area contributed by atoms with Crippen molar-refractivity contribution in [3.8, 4) is 6.07 Å². The van der Waals surface area contributed by atoms with Crippen molar-refractivity contribution in [1.29, 1.82) is 5.26 Å². The maximum absolute atomic E-state index is 11.3. The topological polar surface area (TPSA) is 78.9 Å². The molecular formula is C13H17N3OS. The molecule has 5 heteroatoms. The van der Waals surface area contributed by atoms with Gasteiger partial charge in [0, 0.05) is 39.7 Å². The highest BCUT2D eigenvalue weighted by atomic mass is 32.2. The van der Waals surface area contributed by atoms with Gasteiger partial charge in [-0.1, -0.05) is 0 Å². The molecule has 1 aromatic carbocycles. The van der Waals surface area contributed by atoms with Gasteiger partial charge in [0.2, 0.25) is 0 Å². The normalized spacial score (nSPS) is 23.3. The highest BCUT2D eigenvalue weighted by molar-refractivity contribution is 7.85. The molecule has 4 nitrogen and oxygen atoms in total. The van der Waals surface area contributed by atoms with Gasteiger partial charge in [0.15, 0.2) is 0 Å². The van der Waals surface area contributed by atoms with Gasteiger partial charge in [0.25, 0.3) is 0 Å². The smallest absolute Gasteiger partial charge is 0.0670 e. The number of anilines is 2. The molecule has 1 heterocycles. The van der Waals surface area contributed by atoms with Gasteiger partial charge in [-0.15, -0.1) is 0 Å². The number of nitrogens with one attached hydrogen (secondary N) is 1. The molecule has 18 heavy (non-hydrogen) atoms. The van der Waals surface area contributed by atoms with Gasteiger partial charge in [0.05, 0.1) is 12.5 Å². The molecule has 0 amide bonds. The third kappa shape index (κ3) is 3.23. The maximum Gasteiger partial charge on any atom is 0.0670 e. The van der Waals surface area contributed by atoms with E-state index in [9.17, 15) is 4.21 Å². The molecule has 0 bridgehead atoms. The molecule has 2 rings (SSSR count). The Kier molecular flexibility index (Phi) is 4.21. The van der Waals surface area contributed by atoms with Crippen molar-refractivity contribution >= 4 is 22.2 Å². The van der Waals surface area contributed by atoms with E-state index < -0.39 is 10.8 Å². The van der Waals surface area contributed by atoms with Crippen LogP contribution in [0.15, 0.2) is 18.2 Å². The molecular weight excluding hydrogens is 246 g/mol. The molecule has 0 atom stereocenters. The summed E-state index contributed by atoms with van der Waals surface area (Å²) in [6.07, 6.45) is 2.20. The zero-order valence-corrected chi connectivity index (χ0v) is 11.0. The van der Waals surface area contributed by atoms with Gasteiger partial charge in [-0.2, -0.15) is 5.26 Å². The van der Waals surface area contributed by atoms with E-state index in [0.717, 1.165) is 35.6 Å². The van der Waals surface area contributed by atoms with E-state index in [1.54, 1.807) is 0 Å². The highest BCUT2D eigenvalue weighted by Crippen LogP contribution is 2.21. The van der Waals surface area contributed by atoms with Crippen LogP contribution in [0.1, 0.15) is 18.4 Å². The van der Waals surface area contributed by atoms with Crippen molar-refractivity contribution in [2.24, 2.45) is 0 Å². The molecule has 96 valence electrons. The molecule has 3 N–H and O–H groups in total. The Morgan fingerprint density at radius 2 is 2.17 bits per heavy atom. The first-order valence-electron chi connectivity index (χ1n) is 6.06. The first-order chi connectivity index (χ1) is 8.69. The summed E-state index contributed by atoms with van der Waals surface area (Å²) in [4.78, 5) is 0. The molecule has 1 aliphatic heterocycles. The summed E-state index contributed by atoms with van der Waals surface area (Å²) in [5.41, 5.74) is 8.32. The molecule has 1 aromatic rings. The Morgan fingerprint density at radius 3 is 2.83 bits per heavy atom. The number of hydrogen-bond donors (Lipinski definition) is 2. The van der Waals surface area contributed by atoms with E-state index in [1.165, 1.54) is 0 Å². The summed E-state index contributed by atoms with van der Waals surface area (Å²) in [5, 5.41) is 12.2. The van der Waals surface area contributed by atoms with Crippen molar-refractivity contribution in [3.05, 3.63) is 23.8 Å². The van der Waals surface area contributed by atoms with Crippen LogP contribution in [0.25, 0.3) is 0 Å². The predicted molar refractivity (Wildman–Crippen MR) is 74.7 cm³/mol. The van der Waals surface area contributed by atoms with E-state index in [-0.39, 0.29) is 0 Å². The molecule has 1 saturated heterocycles. The predicted octanol–water partition coefficient (Wildman–Crippen LogP) is 1.66. The number of benzene rings is 1. The molecule has 1 aliphatic rings. The van der Waals surface area contributed by atoms with Gasteiger partial charge in [-0.05, 0) is 36.6 Å². The van der Waals surface area contributed by atoms with E-state index in [1.807, 2.05) is 18.2 Å². The van der Waals surface area contributed by atoms with Crippen molar-refractivity contribution < 1.29 is 4.21 Å². The van der Waals surface area contributed by atoms with Crippen LogP contribution >= 0.6 is 0 Å². The average molecular weight is 263 g/mol. The molecule has 0 spiro atoms. The van der Waals surface area contributed by atoms with Crippen LogP contribution in [0.3, 0.4) is 0 Å². The maximum atomic E-state index is 11.3. The third-order valence-corrected chi connectivity index (χ3v) is 4.55. The monoisotopic (exact) mass is 263 g/mol. The fourth-order valence-corrected chi connectivity index (χ4v) is 3.41. The Hall–Kier alpha value is -1.54. The Morgan fingerprint density at radius 1 is 1.44 bits per heavy atom. The largest absolute Gasteiger partial charge is 0.398 e. The fraction of sp³-hybridized carbons (Fsp3) is 0.462. The SMILES string of the molecule is N#CCc1cc(NC2CCS(=O)CC2)ccc1N. The Bertz CT molecular complexity index is 485. The van der Waals surface area contributed by atoms with Crippen molar-refractivity contribution in [2.45, 2.75) is 25.3 Å². The lowest BCUT2D eigenvalue weighted by Crippen LogP contribution is -2.29. The lowest BCUT2D eigenvalue weighted by molar-refractivity contribution is 0.624. The third-order valence-electron chi connectivity index (χ3n) is 3.17. The second-order valence-electron chi connectivity index (χ2n) is 4.52. The van der Waals surface area contributed by atoms with Gasteiger partial charge < -0.3 is 11.1 Å². The van der Waals surface area contributed by atoms with E-state index in [2.05, 4.69) is 11.4 Å². The second-order valence-corrected chi connectivity index (χ2v) is 6.21. The van der Waals surface area contributed by atoms with Gasteiger partial charge in [0.1, 0.15) is 0 Å². The van der Waals surface area contributed by atoms with Crippen LogP contribution in [0.5, 0.6) is 0 Å². The number of hydrogen-bond acceptors (Lipinski definition) is 4.